The maximum atomic E-state index is 12.7. The molecule has 0 spiro atoms. The van der Waals surface area contributed by atoms with Crippen LogP contribution in [0.4, 0.5) is 0 Å². The van der Waals surface area contributed by atoms with Crippen LogP contribution in [0.25, 0.3) is 0 Å². The molecule has 2 aromatic rings. The van der Waals surface area contributed by atoms with E-state index in [-0.39, 0.29) is 18.2 Å². The van der Waals surface area contributed by atoms with Gasteiger partial charge in [-0.05, 0) is 17.4 Å². The zero-order chi connectivity index (χ0) is 17.7. The Kier molecular flexibility index (Phi) is 5.87. The van der Waals surface area contributed by atoms with Gasteiger partial charge in [0.25, 0.3) is 5.91 Å². The van der Waals surface area contributed by atoms with Crippen molar-refractivity contribution in [3.8, 4) is 0 Å². The Bertz CT molecular complexity index is 710. The van der Waals surface area contributed by atoms with E-state index in [9.17, 15) is 19.5 Å². The Morgan fingerprint density at radius 2 is 1.75 bits per heavy atom. The van der Waals surface area contributed by atoms with E-state index in [4.69, 9.17) is 0 Å². The van der Waals surface area contributed by atoms with Gasteiger partial charge in [0.2, 0.25) is 0 Å². The molecule has 0 aliphatic heterocycles. The molecule has 0 saturated carbocycles. The molecule has 1 aromatic heterocycles. The van der Waals surface area contributed by atoms with Crippen molar-refractivity contribution in [2.45, 2.75) is 19.9 Å². The number of hydrogen-bond donors (Lipinski definition) is 1. The number of carboxylic acids is 1. The molecule has 0 aliphatic rings. The molecule has 0 saturated heterocycles. The second kappa shape index (κ2) is 7.88. The van der Waals surface area contributed by atoms with Crippen LogP contribution in [0.3, 0.4) is 0 Å². The SMILES string of the molecule is CC(C)C(C(=O)O)N(CC(=O)c1ccccc1)C(=O)c1cccs1. The van der Waals surface area contributed by atoms with Gasteiger partial charge in [0.1, 0.15) is 6.04 Å². The second-order valence-electron chi connectivity index (χ2n) is 5.73. The van der Waals surface area contributed by atoms with E-state index in [1.165, 1.54) is 11.3 Å². The normalized spacial score (nSPS) is 12.0. The number of carbonyl (C=O) groups excluding carboxylic acids is 2. The van der Waals surface area contributed by atoms with Crippen LogP contribution in [0.15, 0.2) is 47.8 Å². The molecule has 1 unspecified atom stereocenters. The highest BCUT2D eigenvalue weighted by atomic mass is 32.1. The topological polar surface area (TPSA) is 74.7 Å². The Hall–Kier alpha value is -2.47. The summed E-state index contributed by atoms with van der Waals surface area (Å²) >= 11 is 1.23. The number of hydrogen-bond acceptors (Lipinski definition) is 4. The summed E-state index contributed by atoms with van der Waals surface area (Å²) in [6.45, 7) is 3.18. The number of thiophene rings is 1. The van der Waals surface area contributed by atoms with Crippen LogP contribution < -0.4 is 0 Å². The minimum absolute atomic E-state index is 0.268. The first-order valence-electron chi connectivity index (χ1n) is 7.57. The maximum absolute atomic E-state index is 12.7. The highest BCUT2D eigenvalue weighted by Crippen LogP contribution is 2.19. The second-order valence-corrected chi connectivity index (χ2v) is 6.67. The quantitative estimate of drug-likeness (QED) is 0.782. The Morgan fingerprint density at radius 3 is 2.25 bits per heavy atom. The molecule has 0 bridgehead atoms. The predicted molar refractivity (Wildman–Crippen MR) is 92.4 cm³/mol. The summed E-state index contributed by atoms with van der Waals surface area (Å²) in [6, 6.07) is 10.9. The molecule has 0 fully saturated rings. The van der Waals surface area contributed by atoms with Gasteiger partial charge in [0, 0.05) is 5.56 Å². The minimum Gasteiger partial charge on any atom is -0.480 e. The lowest BCUT2D eigenvalue weighted by atomic mass is 10.0. The molecule has 5 nitrogen and oxygen atoms in total. The molecule has 1 N–H and O–H groups in total. The smallest absolute Gasteiger partial charge is 0.326 e. The molecule has 24 heavy (non-hydrogen) atoms. The number of rotatable bonds is 7. The molecule has 1 amide bonds. The Labute approximate surface area is 144 Å². The average molecular weight is 345 g/mol. The van der Waals surface area contributed by atoms with Crippen LogP contribution in [0.2, 0.25) is 0 Å². The number of Topliss-reactive ketones (excluding diaryl/α,β-unsaturated/α-hetero) is 1. The number of aliphatic carboxylic acids is 1. The van der Waals surface area contributed by atoms with E-state index in [1.54, 1.807) is 61.7 Å². The zero-order valence-corrected chi connectivity index (χ0v) is 14.3. The lowest BCUT2D eigenvalue weighted by Crippen LogP contribution is -2.50. The van der Waals surface area contributed by atoms with Crippen molar-refractivity contribution < 1.29 is 19.5 Å². The van der Waals surface area contributed by atoms with Crippen LogP contribution in [0.5, 0.6) is 0 Å². The summed E-state index contributed by atoms with van der Waals surface area (Å²) in [7, 11) is 0. The maximum Gasteiger partial charge on any atom is 0.326 e. The Balaban J connectivity index is 2.33. The molecule has 126 valence electrons. The molecule has 1 heterocycles. The largest absolute Gasteiger partial charge is 0.480 e. The lowest BCUT2D eigenvalue weighted by molar-refractivity contribution is -0.143. The van der Waals surface area contributed by atoms with Crippen molar-refractivity contribution in [3.05, 3.63) is 58.3 Å². The standard InChI is InChI=1S/C18H19NO4S/c1-12(2)16(18(22)23)19(17(21)15-9-6-10-24-15)11-14(20)13-7-4-3-5-8-13/h3-10,12,16H,11H2,1-2H3,(H,22,23). The summed E-state index contributed by atoms with van der Waals surface area (Å²) < 4.78 is 0. The predicted octanol–water partition coefficient (Wildman–Crippen LogP) is 3.18. The van der Waals surface area contributed by atoms with Crippen LogP contribution in [0.1, 0.15) is 33.9 Å². The third-order valence-corrected chi connectivity index (χ3v) is 4.48. The molecule has 0 radical (unpaired) electrons. The number of carboxylic acid groups (broad SMARTS) is 1. The number of benzene rings is 1. The van der Waals surface area contributed by atoms with Crippen LogP contribution >= 0.6 is 11.3 Å². The summed E-state index contributed by atoms with van der Waals surface area (Å²) in [4.78, 5) is 38.5. The minimum atomic E-state index is -1.12. The van der Waals surface area contributed by atoms with Gasteiger partial charge in [-0.15, -0.1) is 11.3 Å². The number of amides is 1. The van der Waals surface area contributed by atoms with Crippen molar-refractivity contribution in [1.82, 2.24) is 4.90 Å². The van der Waals surface area contributed by atoms with E-state index in [0.29, 0.717) is 10.4 Å². The van der Waals surface area contributed by atoms with E-state index < -0.39 is 17.9 Å². The van der Waals surface area contributed by atoms with Crippen molar-refractivity contribution >= 4 is 29.0 Å². The van der Waals surface area contributed by atoms with Gasteiger partial charge in [-0.3, -0.25) is 9.59 Å². The van der Waals surface area contributed by atoms with Gasteiger partial charge < -0.3 is 10.0 Å². The van der Waals surface area contributed by atoms with Crippen molar-refractivity contribution in [1.29, 1.82) is 0 Å². The van der Waals surface area contributed by atoms with Crippen molar-refractivity contribution in [2.24, 2.45) is 5.92 Å². The molecule has 1 aromatic carbocycles. The van der Waals surface area contributed by atoms with Crippen molar-refractivity contribution in [2.75, 3.05) is 6.54 Å². The lowest BCUT2D eigenvalue weighted by Gasteiger charge is -2.30. The number of nitrogens with zero attached hydrogens (tertiary/aromatic N) is 1. The highest BCUT2D eigenvalue weighted by molar-refractivity contribution is 7.12. The average Bonchev–Trinajstić information content (AvgIpc) is 3.08. The molecule has 2 rings (SSSR count). The molecule has 1 atom stereocenters. The fourth-order valence-corrected chi connectivity index (χ4v) is 3.17. The van der Waals surface area contributed by atoms with Gasteiger partial charge in [0.15, 0.2) is 5.78 Å². The highest BCUT2D eigenvalue weighted by Gasteiger charge is 2.34. The van der Waals surface area contributed by atoms with E-state index in [0.717, 1.165) is 4.90 Å². The number of carbonyl (C=O) groups is 3. The van der Waals surface area contributed by atoms with Crippen LogP contribution in [-0.4, -0.2) is 40.3 Å². The van der Waals surface area contributed by atoms with Gasteiger partial charge in [0.05, 0.1) is 11.4 Å². The first-order chi connectivity index (χ1) is 11.4. The van der Waals surface area contributed by atoms with Crippen molar-refractivity contribution in [3.63, 3.8) is 0 Å². The molecule has 6 heteroatoms. The van der Waals surface area contributed by atoms with Gasteiger partial charge in [-0.1, -0.05) is 50.2 Å². The summed E-state index contributed by atoms with van der Waals surface area (Å²) in [5.74, 6) is -2.16. The fourth-order valence-electron chi connectivity index (χ4n) is 2.49. The summed E-state index contributed by atoms with van der Waals surface area (Å²) in [5.41, 5.74) is 0.453. The fraction of sp³-hybridized carbons (Fsp3) is 0.278. The summed E-state index contributed by atoms with van der Waals surface area (Å²) in [6.07, 6.45) is 0. The zero-order valence-electron chi connectivity index (χ0n) is 13.5. The summed E-state index contributed by atoms with van der Waals surface area (Å²) in [5, 5.41) is 11.3. The molecule has 0 aliphatic carbocycles. The first-order valence-corrected chi connectivity index (χ1v) is 8.45. The monoisotopic (exact) mass is 345 g/mol. The number of ketones is 1. The Morgan fingerprint density at radius 1 is 1.08 bits per heavy atom. The third kappa shape index (κ3) is 4.08. The first kappa shape index (κ1) is 17.9. The van der Waals surface area contributed by atoms with Gasteiger partial charge in [-0.2, -0.15) is 0 Å². The molecular formula is C18H19NO4S. The van der Waals surface area contributed by atoms with Crippen LogP contribution in [-0.2, 0) is 4.79 Å². The van der Waals surface area contributed by atoms with E-state index in [1.807, 2.05) is 0 Å². The van der Waals surface area contributed by atoms with Gasteiger partial charge in [-0.25, -0.2) is 4.79 Å². The van der Waals surface area contributed by atoms with E-state index >= 15 is 0 Å². The van der Waals surface area contributed by atoms with Gasteiger partial charge >= 0.3 is 5.97 Å². The third-order valence-electron chi connectivity index (χ3n) is 3.62. The van der Waals surface area contributed by atoms with E-state index in [2.05, 4.69) is 0 Å². The molecular weight excluding hydrogens is 326 g/mol. The van der Waals surface area contributed by atoms with Crippen LogP contribution in [0, 0.1) is 5.92 Å².